The second kappa shape index (κ2) is 9.74. The molecular formula is C24H20FN3O4S. The number of benzene rings is 2. The van der Waals surface area contributed by atoms with Gasteiger partial charge in [0.05, 0.1) is 17.9 Å². The summed E-state index contributed by atoms with van der Waals surface area (Å²) in [4.78, 5) is 31.6. The van der Waals surface area contributed by atoms with E-state index in [9.17, 15) is 14.0 Å². The number of hydrogen-bond donors (Lipinski definition) is 0. The van der Waals surface area contributed by atoms with Crippen molar-refractivity contribution in [3.8, 4) is 11.3 Å². The molecule has 0 saturated heterocycles. The Bertz CT molecular complexity index is 1250. The quantitative estimate of drug-likeness (QED) is 0.359. The van der Waals surface area contributed by atoms with Crippen molar-refractivity contribution in [1.82, 2.24) is 10.1 Å². The standard InChI is InChI=1S/C24H20FN3O4S/c1-15-22(16(2)32-27-15)23(30)31-13-21(29)28(12-17-6-4-3-5-7-17)24-26-20(14-33-24)18-8-10-19(25)11-9-18/h3-11,14H,12-13H2,1-2H3. The molecule has 4 rings (SSSR count). The lowest BCUT2D eigenvalue weighted by Crippen LogP contribution is -2.34. The summed E-state index contributed by atoms with van der Waals surface area (Å²) >= 11 is 1.28. The molecule has 7 nitrogen and oxygen atoms in total. The van der Waals surface area contributed by atoms with E-state index in [1.807, 2.05) is 30.3 Å². The highest BCUT2D eigenvalue weighted by Gasteiger charge is 2.24. The largest absolute Gasteiger partial charge is 0.452 e. The van der Waals surface area contributed by atoms with Gasteiger partial charge in [-0.05, 0) is 43.7 Å². The summed E-state index contributed by atoms with van der Waals surface area (Å²) in [6, 6.07) is 15.4. The van der Waals surface area contributed by atoms with E-state index in [-0.39, 0.29) is 17.9 Å². The van der Waals surface area contributed by atoms with Gasteiger partial charge >= 0.3 is 5.97 Å². The number of aryl methyl sites for hydroxylation is 2. The molecule has 0 aliphatic rings. The summed E-state index contributed by atoms with van der Waals surface area (Å²) in [5.41, 5.74) is 2.85. The fraction of sp³-hybridized carbons (Fsp3) is 0.167. The molecule has 33 heavy (non-hydrogen) atoms. The monoisotopic (exact) mass is 465 g/mol. The molecule has 0 spiro atoms. The zero-order valence-corrected chi connectivity index (χ0v) is 18.8. The van der Waals surface area contributed by atoms with E-state index in [2.05, 4.69) is 10.1 Å². The van der Waals surface area contributed by atoms with Gasteiger partial charge in [-0.3, -0.25) is 9.69 Å². The fourth-order valence-electron chi connectivity index (χ4n) is 3.22. The number of amides is 1. The highest BCUT2D eigenvalue weighted by atomic mass is 32.1. The fourth-order valence-corrected chi connectivity index (χ4v) is 4.07. The van der Waals surface area contributed by atoms with Crippen LogP contribution in [0.3, 0.4) is 0 Å². The summed E-state index contributed by atoms with van der Waals surface area (Å²) in [7, 11) is 0. The highest BCUT2D eigenvalue weighted by Crippen LogP contribution is 2.29. The van der Waals surface area contributed by atoms with Crippen molar-refractivity contribution >= 4 is 28.3 Å². The minimum absolute atomic E-state index is 0.213. The van der Waals surface area contributed by atoms with E-state index in [4.69, 9.17) is 9.26 Å². The van der Waals surface area contributed by atoms with Gasteiger partial charge in [-0.25, -0.2) is 14.2 Å². The van der Waals surface area contributed by atoms with Crippen molar-refractivity contribution in [3.05, 3.63) is 88.4 Å². The summed E-state index contributed by atoms with van der Waals surface area (Å²) in [5.74, 6) is -1.12. The molecule has 0 saturated carbocycles. The van der Waals surface area contributed by atoms with Crippen LogP contribution in [0.1, 0.15) is 27.4 Å². The lowest BCUT2D eigenvalue weighted by atomic mass is 10.2. The van der Waals surface area contributed by atoms with Gasteiger partial charge in [0.1, 0.15) is 17.1 Å². The Morgan fingerprint density at radius 3 is 2.48 bits per heavy atom. The molecule has 0 N–H and O–H groups in total. The van der Waals surface area contributed by atoms with Gasteiger partial charge in [0.25, 0.3) is 5.91 Å². The van der Waals surface area contributed by atoms with E-state index in [1.165, 1.54) is 28.4 Å². The van der Waals surface area contributed by atoms with Crippen molar-refractivity contribution < 1.29 is 23.2 Å². The minimum Gasteiger partial charge on any atom is -0.452 e. The van der Waals surface area contributed by atoms with Crippen LogP contribution in [0.5, 0.6) is 0 Å². The Hall–Kier alpha value is -3.85. The molecule has 0 fully saturated rings. The molecule has 9 heteroatoms. The third-order valence-corrected chi connectivity index (χ3v) is 5.78. The second-order valence-corrected chi connectivity index (χ2v) is 8.10. The Labute approximate surface area is 193 Å². The molecule has 1 amide bonds. The number of aromatic nitrogens is 2. The van der Waals surface area contributed by atoms with Gasteiger partial charge in [-0.2, -0.15) is 0 Å². The van der Waals surface area contributed by atoms with Crippen molar-refractivity contribution in [3.63, 3.8) is 0 Å². The lowest BCUT2D eigenvalue weighted by Gasteiger charge is -2.20. The number of rotatable bonds is 7. The van der Waals surface area contributed by atoms with Crippen LogP contribution >= 0.6 is 11.3 Å². The van der Waals surface area contributed by atoms with Gasteiger partial charge in [-0.15, -0.1) is 11.3 Å². The van der Waals surface area contributed by atoms with E-state index in [0.717, 1.165) is 11.1 Å². The Balaban J connectivity index is 1.55. The summed E-state index contributed by atoms with van der Waals surface area (Å²) < 4.78 is 23.5. The topological polar surface area (TPSA) is 85.5 Å². The molecule has 2 heterocycles. The number of thiazole rings is 1. The number of halogens is 1. The molecule has 4 aromatic rings. The number of carbonyl (C=O) groups excluding carboxylic acids is 2. The molecule has 168 valence electrons. The van der Waals surface area contributed by atoms with Crippen LogP contribution in [0.2, 0.25) is 0 Å². The maximum absolute atomic E-state index is 13.3. The highest BCUT2D eigenvalue weighted by molar-refractivity contribution is 7.14. The Morgan fingerprint density at radius 1 is 1.09 bits per heavy atom. The van der Waals surface area contributed by atoms with Crippen LogP contribution in [0, 0.1) is 19.7 Å². The summed E-state index contributed by atoms with van der Waals surface area (Å²) in [6.45, 7) is 3.01. The molecule has 0 aliphatic carbocycles. The van der Waals surface area contributed by atoms with Crippen molar-refractivity contribution in [2.24, 2.45) is 0 Å². The zero-order chi connectivity index (χ0) is 23.4. The molecular weight excluding hydrogens is 445 g/mol. The van der Waals surface area contributed by atoms with Crippen LogP contribution in [0.15, 0.2) is 64.5 Å². The number of esters is 1. The van der Waals surface area contributed by atoms with Crippen molar-refractivity contribution in [2.45, 2.75) is 20.4 Å². The molecule has 2 aromatic carbocycles. The van der Waals surface area contributed by atoms with Crippen LogP contribution in [0.25, 0.3) is 11.3 Å². The molecule has 2 aromatic heterocycles. The SMILES string of the molecule is Cc1noc(C)c1C(=O)OCC(=O)N(Cc1ccccc1)c1nc(-c2ccc(F)cc2)cs1. The molecule has 0 atom stereocenters. The van der Waals surface area contributed by atoms with Gasteiger partial charge in [0, 0.05) is 10.9 Å². The molecule has 0 unspecified atom stereocenters. The molecule has 0 bridgehead atoms. The summed E-state index contributed by atoms with van der Waals surface area (Å²) in [6.07, 6.45) is 0. The average molecular weight is 466 g/mol. The predicted molar refractivity (Wildman–Crippen MR) is 121 cm³/mol. The number of anilines is 1. The number of hydrogen-bond acceptors (Lipinski definition) is 7. The van der Waals surface area contributed by atoms with Crippen molar-refractivity contribution in [1.29, 1.82) is 0 Å². The van der Waals surface area contributed by atoms with E-state index in [1.54, 1.807) is 31.4 Å². The number of ether oxygens (including phenoxy) is 1. The number of nitrogens with zero attached hydrogens (tertiary/aromatic N) is 3. The first kappa shape index (κ1) is 22.3. The maximum Gasteiger partial charge on any atom is 0.344 e. The molecule has 0 aliphatic heterocycles. The number of carbonyl (C=O) groups is 2. The Morgan fingerprint density at radius 2 is 1.82 bits per heavy atom. The van der Waals surface area contributed by atoms with Crippen molar-refractivity contribution in [2.75, 3.05) is 11.5 Å². The minimum atomic E-state index is -0.676. The lowest BCUT2D eigenvalue weighted by molar-refractivity contribution is -0.121. The Kier molecular flexibility index (Phi) is 6.60. The first-order valence-corrected chi connectivity index (χ1v) is 11.0. The predicted octanol–water partition coefficient (Wildman–Crippen LogP) is 4.94. The van der Waals surface area contributed by atoms with Crippen LogP contribution in [-0.4, -0.2) is 28.6 Å². The van der Waals surface area contributed by atoms with Gasteiger partial charge < -0.3 is 9.26 Å². The van der Waals surface area contributed by atoms with Gasteiger partial charge in [0.15, 0.2) is 11.7 Å². The van der Waals surface area contributed by atoms with E-state index in [0.29, 0.717) is 22.3 Å². The zero-order valence-electron chi connectivity index (χ0n) is 17.9. The first-order valence-electron chi connectivity index (χ1n) is 10.1. The normalized spacial score (nSPS) is 10.8. The van der Waals surface area contributed by atoms with Gasteiger partial charge in [-0.1, -0.05) is 35.5 Å². The third kappa shape index (κ3) is 5.15. The average Bonchev–Trinajstić information content (AvgIpc) is 3.43. The molecule has 0 radical (unpaired) electrons. The van der Waals surface area contributed by atoms with Crippen LogP contribution < -0.4 is 4.90 Å². The van der Waals surface area contributed by atoms with E-state index >= 15 is 0 Å². The smallest absolute Gasteiger partial charge is 0.344 e. The third-order valence-electron chi connectivity index (χ3n) is 4.91. The van der Waals surface area contributed by atoms with Gasteiger partial charge in [0.2, 0.25) is 0 Å². The first-order chi connectivity index (χ1) is 15.9. The maximum atomic E-state index is 13.3. The van der Waals surface area contributed by atoms with Crippen LogP contribution in [0.4, 0.5) is 9.52 Å². The summed E-state index contributed by atoms with van der Waals surface area (Å²) in [5, 5.41) is 5.97. The second-order valence-electron chi connectivity index (χ2n) is 7.26. The van der Waals surface area contributed by atoms with E-state index < -0.39 is 18.5 Å². The van der Waals surface area contributed by atoms with Crippen LogP contribution in [-0.2, 0) is 16.1 Å².